The Morgan fingerprint density at radius 3 is 2.43 bits per heavy atom. The van der Waals surface area contributed by atoms with Crippen LogP contribution in [0.2, 0.25) is 0 Å². The van der Waals surface area contributed by atoms with Crippen molar-refractivity contribution < 1.29 is 23.4 Å². The maximum atomic E-state index is 12.6. The summed E-state index contributed by atoms with van der Waals surface area (Å²) in [6.07, 6.45) is 0.558. The Labute approximate surface area is 174 Å². The van der Waals surface area contributed by atoms with Gasteiger partial charge in [-0.25, -0.2) is 4.79 Å². The van der Waals surface area contributed by atoms with Gasteiger partial charge in [0, 0.05) is 11.9 Å². The van der Waals surface area contributed by atoms with E-state index in [4.69, 9.17) is 18.6 Å². The third-order valence-electron chi connectivity index (χ3n) is 5.04. The fraction of sp³-hybridized carbons (Fsp3) is 0.304. The summed E-state index contributed by atoms with van der Waals surface area (Å²) < 4.78 is 21.4. The average Bonchev–Trinajstić information content (AvgIpc) is 2.76. The normalized spacial score (nSPS) is 10.7. The molecule has 0 aliphatic heterocycles. The molecule has 0 unspecified atom stereocenters. The third-order valence-corrected chi connectivity index (χ3v) is 5.04. The van der Waals surface area contributed by atoms with Crippen LogP contribution >= 0.6 is 0 Å². The lowest BCUT2D eigenvalue weighted by atomic mass is 10.0. The Kier molecular flexibility index (Phi) is 6.61. The number of nitrogens with one attached hydrogen (secondary N) is 1. The highest BCUT2D eigenvalue weighted by molar-refractivity contribution is 5.89. The lowest BCUT2D eigenvalue weighted by molar-refractivity contribution is -0.120. The van der Waals surface area contributed by atoms with E-state index < -0.39 is 5.63 Å². The number of para-hydroxylation sites is 1. The van der Waals surface area contributed by atoms with Gasteiger partial charge >= 0.3 is 5.63 Å². The molecule has 0 fully saturated rings. The number of rotatable bonds is 8. The Bertz CT molecular complexity index is 1120. The molecule has 158 valence electrons. The van der Waals surface area contributed by atoms with Gasteiger partial charge in [-0.1, -0.05) is 18.2 Å². The second-order valence-corrected chi connectivity index (χ2v) is 6.76. The lowest BCUT2D eigenvalue weighted by Gasteiger charge is -2.13. The van der Waals surface area contributed by atoms with Gasteiger partial charge < -0.3 is 23.9 Å². The van der Waals surface area contributed by atoms with Crippen molar-refractivity contribution >= 4 is 16.9 Å². The van der Waals surface area contributed by atoms with Crippen LogP contribution in [-0.4, -0.2) is 33.8 Å². The fourth-order valence-electron chi connectivity index (χ4n) is 3.44. The Morgan fingerprint density at radius 2 is 1.73 bits per heavy atom. The number of hydrogen-bond acceptors (Lipinski definition) is 6. The zero-order valence-corrected chi connectivity index (χ0v) is 17.5. The highest BCUT2D eigenvalue weighted by Gasteiger charge is 2.19. The number of amides is 1. The van der Waals surface area contributed by atoms with Gasteiger partial charge in [0.2, 0.25) is 11.7 Å². The van der Waals surface area contributed by atoms with Crippen molar-refractivity contribution in [2.24, 2.45) is 0 Å². The predicted molar refractivity (Wildman–Crippen MR) is 114 cm³/mol. The van der Waals surface area contributed by atoms with Gasteiger partial charge in [0.05, 0.1) is 33.3 Å². The smallest absolute Gasteiger partial charge is 0.340 e. The van der Waals surface area contributed by atoms with Crippen molar-refractivity contribution in [2.45, 2.75) is 19.8 Å². The number of methoxy groups -OCH3 is 3. The SMILES string of the molecule is COc1ccccc1CCNC(=O)Cc1c(C)c2ccc(OC)c(OC)c2oc1=O. The van der Waals surface area contributed by atoms with Crippen molar-refractivity contribution in [1.29, 1.82) is 0 Å². The van der Waals surface area contributed by atoms with Crippen LogP contribution in [-0.2, 0) is 17.6 Å². The monoisotopic (exact) mass is 411 g/mol. The minimum absolute atomic E-state index is 0.0651. The van der Waals surface area contributed by atoms with Crippen LogP contribution in [0, 0.1) is 6.92 Å². The first-order valence-electron chi connectivity index (χ1n) is 9.56. The minimum Gasteiger partial charge on any atom is -0.496 e. The molecule has 0 saturated heterocycles. The summed E-state index contributed by atoms with van der Waals surface area (Å²) >= 11 is 0. The summed E-state index contributed by atoms with van der Waals surface area (Å²) in [7, 11) is 4.61. The van der Waals surface area contributed by atoms with Gasteiger partial charge in [-0.2, -0.15) is 0 Å². The Morgan fingerprint density at radius 1 is 1.00 bits per heavy atom. The molecule has 1 N–H and O–H groups in total. The van der Waals surface area contributed by atoms with E-state index in [0.29, 0.717) is 46.6 Å². The van der Waals surface area contributed by atoms with E-state index in [1.807, 2.05) is 24.3 Å². The summed E-state index contributed by atoms with van der Waals surface area (Å²) in [5.74, 6) is 1.35. The van der Waals surface area contributed by atoms with Crippen molar-refractivity contribution in [3.05, 3.63) is 63.5 Å². The standard InChI is InChI=1S/C23H25NO6/c1-14-16-9-10-19(28-3)22(29-4)21(16)30-23(26)17(14)13-20(25)24-12-11-15-7-5-6-8-18(15)27-2/h5-10H,11-13H2,1-4H3,(H,24,25). The van der Waals surface area contributed by atoms with Gasteiger partial charge in [0.15, 0.2) is 11.3 Å². The number of ether oxygens (including phenoxy) is 3. The summed E-state index contributed by atoms with van der Waals surface area (Å²) in [6, 6.07) is 11.2. The molecule has 0 radical (unpaired) electrons. The molecule has 0 spiro atoms. The molecule has 0 atom stereocenters. The van der Waals surface area contributed by atoms with Crippen LogP contribution in [0.3, 0.4) is 0 Å². The maximum absolute atomic E-state index is 12.6. The number of benzene rings is 2. The first-order valence-corrected chi connectivity index (χ1v) is 9.56. The van der Waals surface area contributed by atoms with E-state index in [-0.39, 0.29) is 12.3 Å². The molecule has 0 aliphatic rings. The molecule has 1 aromatic heterocycles. The molecule has 7 nitrogen and oxygen atoms in total. The number of fused-ring (bicyclic) bond motifs is 1. The third kappa shape index (κ3) is 4.25. The Hall–Kier alpha value is -3.48. The van der Waals surface area contributed by atoms with Crippen LogP contribution in [0.4, 0.5) is 0 Å². The van der Waals surface area contributed by atoms with Gasteiger partial charge in [0.1, 0.15) is 5.75 Å². The quantitative estimate of drug-likeness (QED) is 0.574. The molecule has 0 bridgehead atoms. The molecule has 1 heterocycles. The van der Waals surface area contributed by atoms with E-state index in [0.717, 1.165) is 11.3 Å². The second-order valence-electron chi connectivity index (χ2n) is 6.76. The van der Waals surface area contributed by atoms with Gasteiger partial charge in [-0.05, 0) is 42.7 Å². The van der Waals surface area contributed by atoms with Crippen LogP contribution in [0.5, 0.6) is 17.2 Å². The molecular weight excluding hydrogens is 386 g/mol. The van der Waals surface area contributed by atoms with Crippen LogP contribution < -0.4 is 25.2 Å². The van der Waals surface area contributed by atoms with E-state index in [1.54, 1.807) is 26.2 Å². The summed E-state index contributed by atoms with van der Waals surface area (Å²) in [6.45, 7) is 2.23. The molecule has 1 amide bonds. The highest BCUT2D eigenvalue weighted by atomic mass is 16.5. The number of carbonyl (C=O) groups is 1. The predicted octanol–water partition coefficient (Wildman–Crippen LogP) is 3.03. The molecular formula is C23H25NO6. The summed E-state index contributed by atoms with van der Waals surface area (Å²) in [5, 5.41) is 3.55. The molecule has 30 heavy (non-hydrogen) atoms. The molecule has 3 rings (SSSR count). The van der Waals surface area contributed by atoms with Crippen molar-refractivity contribution in [3.63, 3.8) is 0 Å². The van der Waals surface area contributed by atoms with E-state index in [9.17, 15) is 9.59 Å². The van der Waals surface area contributed by atoms with E-state index in [2.05, 4.69) is 5.32 Å². The topological polar surface area (TPSA) is 87.0 Å². The van der Waals surface area contributed by atoms with Gasteiger partial charge in [-0.3, -0.25) is 4.79 Å². The highest BCUT2D eigenvalue weighted by Crippen LogP contribution is 2.36. The van der Waals surface area contributed by atoms with E-state index >= 15 is 0 Å². The summed E-state index contributed by atoms with van der Waals surface area (Å²) in [4.78, 5) is 25.0. The summed E-state index contributed by atoms with van der Waals surface area (Å²) in [5.41, 5.74) is 1.75. The van der Waals surface area contributed by atoms with Crippen molar-refractivity contribution in [2.75, 3.05) is 27.9 Å². The largest absolute Gasteiger partial charge is 0.496 e. The first-order chi connectivity index (χ1) is 14.5. The Balaban J connectivity index is 1.77. The van der Waals surface area contributed by atoms with Crippen molar-refractivity contribution in [1.82, 2.24) is 5.32 Å². The molecule has 0 aliphatic carbocycles. The zero-order chi connectivity index (χ0) is 21.7. The molecule has 0 saturated carbocycles. The fourth-order valence-corrected chi connectivity index (χ4v) is 3.44. The lowest BCUT2D eigenvalue weighted by Crippen LogP contribution is -2.29. The number of hydrogen-bond donors (Lipinski definition) is 1. The van der Waals surface area contributed by atoms with E-state index in [1.165, 1.54) is 14.2 Å². The number of carbonyl (C=O) groups excluding carboxylic acids is 1. The molecule has 3 aromatic rings. The molecule has 7 heteroatoms. The van der Waals surface area contributed by atoms with Crippen LogP contribution in [0.25, 0.3) is 11.0 Å². The first kappa shape index (κ1) is 21.2. The molecule has 2 aromatic carbocycles. The number of aryl methyl sites for hydroxylation is 1. The van der Waals surface area contributed by atoms with Crippen molar-refractivity contribution in [3.8, 4) is 17.2 Å². The van der Waals surface area contributed by atoms with Crippen LogP contribution in [0.15, 0.2) is 45.6 Å². The van der Waals surface area contributed by atoms with Crippen LogP contribution in [0.1, 0.15) is 16.7 Å². The second kappa shape index (κ2) is 9.35. The minimum atomic E-state index is -0.563. The maximum Gasteiger partial charge on any atom is 0.340 e. The zero-order valence-electron chi connectivity index (χ0n) is 17.5. The average molecular weight is 411 g/mol. The van der Waals surface area contributed by atoms with Gasteiger partial charge in [0.25, 0.3) is 0 Å². The van der Waals surface area contributed by atoms with Gasteiger partial charge in [-0.15, -0.1) is 0 Å².